The van der Waals surface area contributed by atoms with Gasteiger partial charge in [0.15, 0.2) is 0 Å². The van der Waals surface area contributed by atoms with Gasteiger partial charge in [0.25, 0.3) is 0 Å². The van der Waals surface area contributed by atoms with Gasteiger partial charge in [0.2, 0.25) is 10.0 Å². The summed E-state index contributed by atoms with van der Waals surface area (Å²) >= 11 is 5.60. The van der Waals surface area contributed by atoms with E-state index in [2.05, 4.69) is 0 Å². The third-order valence-electron chi connectivity index (χ3n) is 2.25. The Morgan fingerprint density at radius 1 is 1.40 bits per heavy atom. The van der Waals surface area contributed by atoms with Crippen LogP contribution >= 0.6 is 24.0 Å². The molecule has 20 heavy (non-hydrogen) atoms. The lowest BCUT2D eigenvalue weighted by Gasteiger charge is -2.17. The number of nitrogens with one attached hydrogen (secondary N) is 1. The maximum atomic E-state index is 12.8. The van der Waals surface area contributed by atoms with Crippen LogP contribution in [0, 0.1) is 0 Å². The van der Waals surface area contributed by atoms with Gasteiger partial charge < -0.3 is 5.73 Å². The standard InChI is InChI=1S/C10H12ClF3N2O2S.ClH/c1-6(5-15)16-19(17,18)9-7(10(12,13)14)3-2-4-8(9)11;/h2-4,6,16H,5,15H2,1H3;1H/t6-;/m0./s1. The predicted molar refractivity (Wildman–Crippen MR) is 72.5 cm³/mol. The second kappa shape index (κ2) is 6.95. The molecule has 1 rings (SSSR count). The van der Waals surface area contributed by atoms with E-state index in [4.69, 9.17) is 17.3 Å². The number of hydrogen-bond acceptors (Lipinski definition) is 3. The van der Waals surface area contributed by atoms with Crippen molar-refractivity contribution >= 4 is 34.0 Å². The van der Waals surface area contributed by atoms with Gasteiger partial charge in [0.05, 0.1) is 10.6 Å². The first kappa shape index (κ1) is 19.5. The summed E-state index contributed by atoms with van der Waals surface area (Å²) in [6.07, 6.45) is -4.82. The summed E-state index contributed by atoms with van der Waals surface area (Å²) in [6.45, 7) is 1.38. The van der Waals surface area contributed by atoms with Gasteiger partial charge in [-0.15, -0.1) is 12.4 Å². The molecule has 0 aliphatic carbocycles. The van der Waals surface area contributed by atoms with Crippen LogP contribution in [0.1, 0.15) is 12.5 Å². The van der Waals surface area contributed by atoms with Crippen LogP contribution in [0.25, 0.3) is 0 Å². The molecule has 0 radical (unpaired) electrons. The lowest BCUT2D eigenvalue weighted by atomic mass is 10.2. The van der Waals surface area contributed by atoms with Crippen LogP contribution in [0.2, 0.25) is 5.02 Å². The molecule has 0 spiro atoms. The van der Waals surface area contributed by atoms with E-state index < -0.39 is 37.7 Å². The first-order chi connectivity index (χ1) is 8.59. The van der Waals surface area contributed by atoms with Crippen LogP contribution in [0.15, 0.2) is 23.1 Å². The van der Waals surface area contributed by atoms with Crippen molar-refractivity contribution in [3.8, 4) is 0 Å². The molecule has 0 aliphatic heterocycles. The Bertz CT molecular complexity index is 564. The molecule has 1 atom stereocenters. The summed E-state index contributed by atoms with van der Waals surface area (Å²) in [5, 5.41) is -0.494. The second-order valence-electron chi connectivity index (χ2n) is 3.87. The molecule has 1 aromatic carbocycles. The van der Waals surface area contributed by atoms with Gasteiger partial charge in [-0.3, -0.25) is 0 Å². The predicted octanol–water partition coefficient (Wildman–Crippen LogP) is 2.41. The largest absolute Gasteiger partial charge is 0.417 e. The van der Waals surface area contributed by atoms with Gasteiger partial charge >= 0.3 is 6.18 Å². The van der Waals surface area contributed by atoms with Gasteiger partial charge in [0.1, 0.15) is 4.90 Å². The number of sulfonamides is 1. The van der Waals surface area contributed by atoms with Crippen LogP contribution in [-0.2, 0) is 16.2 Å². The number of rotatable bonds is 4. The molecule has 4 nitrogen and oxygen atoms in total. The van der Waals surface area contributed by atoms with E-state index in [1.165, 1.54) is 6.92 Å². The van der Waals surface area contributed by atoms with Crippen molar-refractivity contribution in [1.82, 2.24) is 4.72 Å². The van der Waals surface area contributed by atoms with Crippen molar-refractivity contribution < 1.29 is 21.6 Å². The van der Waals surface area contributed by atoms with E-state index in [1.54, 1.807) is 0 Å². The number of halogens is 5. The molecule has 0 heterocycles. The Hall–Kier alpha value is -0.540. The summed E-state index contributed by atoms with van der Waals surface area (Å²) in [4.78, 5) is -0.982. The Balaban J connectivity index is 0.00000361. The molecular formula is C10H13Cl2F3N2O2S. The molecule has 0 unspecified atom stereocenters. The van der Waals surface area contributed by atoms with Crippen LogP contribution in [-0.4, -0.2) is 21.0 Å². The molecule has 0 fully saturated rings. The minimum Gasteiger partial charge on any atom is -0.329 e. The SMILES string of the molecule is C[C@@H](CN)NS(=O)(=O)c1c(Cl)cccc1C(F)(F)F.Cl. The smallest absolute Gasteiger partial charge is 0.329 e. The Labute approximate surface area is 125 Å². The van der Waals surface area contributed by atoms with Gasteiger partial charge in [0, 0.05) is 12.6 Å². The maximum Gasteiger partial charge on any atom is 0.417 e. The van der Waals surface area contributed by atoms with Crippen molar-refractivity contribution in [2.24, 2.45) is 5.73 Å². The Morgan fingerprint density at radius 2 is 1.95 bits per heavy atom. The average molecular weight is 353 g/mol. The van der Waals surface area contributed by atoms with E-state index >= 15 is 0 Å². The van der Waals surface area contributed by atoms with Gasteiger partial charge in [-0.25, -0.2) is 13.1 Å². The number of hydrogen-bond donors (Lipinski definition) is 2. The fourth-order valence-electron chi connectivity index (χ4n) is 1.38. The molecule has 0 aromatic heterocycles. The fourth-order valence-corrected chi connectivity index (χ4v) is 3.40. The van der Waals surface area contributed by atoms with Crippen molar-refractivity contribution in [2.45, 2.75) is 24.0 Å². The number of nitrogens with two attached hydrogens (primary N) is 1. The van der Waals surface area contributed by atoms with Crippen LogP contribution in [0.4, 0.5) is 13.2 Å². The van der Waals surface area contributed by atoms with Crippen molar-refractivity contribution in [3.05, 3.63) is 28.8 Å². The van der Waals surface area contributed by atoms with Gasteiger partial charge in [-0.1, -0.05) is 17.7 Å². The highest BCUT2D eigenvalue weighted by Crippen LogP contribution is 2.37. The normalized spacial score (nSPS) is 13.7. The maximum absolute atomic E-state index is 12.8. The highest BCUT2D eigenvalue weighted by atomic mass is 35.5. The Morgan fingerprint density at radius 3 is 2.40 bits per heavy atom. The van der Waals surface area contributed by atoms with E-state index in [-0.39, 0.29) is 19.0 Å². The first-order valence-corrected chi connectivity index (χ1v) is 7.04. The van der Waals surface area contributed by atoms with Gasteiger partial charge in [-0.2, -0.15) is 13.2 Å². The first-order valence-electron chi connectivity index (χ1n) is 5.17. The third-order valence-corrected chi connectivity index (χ3v) is 4.37. The molecule has 3 N–H and O–H groups in total. The fraction of sp³-hybridized carbons (Fsp3) is 0.400. The lowest BCUT2D eigenvalue weighted by molar-refractivity contribution is -0.139. The van der Waals surface area contributed by atoms with Crippen LogP contribution in [0.3, 0.4) is 0 Å². The highest BCUT2D eigenvalue weighted by Gasteiger charge is 2.38. The summed E-state index contributed by atoms with van der Waals surface area (Å²) < 4.78 is 64.3. The molecule has 116 valence electrons. The summed E-state index contributed by atoms with van der Waals surface area (Å²) in [6, 6.07) is 2.07. The van der Waals surface area contributed by atoms with Crippen molar-refractivity contribution in [2.75, 3.05) is 6.54 Å². The third kappa shape index (κ3) is 4.49. The molecule has 1 aromatic rings. The molecular weight excluding hydrogens is 340 g/mol. The van der Waals surface area contributed by atoms with E-state index in [0.29, 0.717) is 6.07 Å². The summed E-state index contributed by atoms with van der Waals surface area (Å²) in [5.74, 6) is 0. The number of benzene rings is 1. The van der Waals surface area contributed by atoms with Crippen LogP contribution < -0.4 is 10.5 Å². The summed E-state index contributed by atoms with van der Waals surface area (Å²) in [5.41, 5.74) is 3.93. The van der Waals surface area contributed by atoms with Gasteiger partial charge in [-0.05, 0) is 19.1 Å². The number of alkyl halides is 3. The zero-order chi connectivity index (χ0) is 14.8. The molecule has 0 saturated heterocycles. The molecule has 0 bridgehead atoms. The molecule has 0 saturated carbocycles. The quantitative estimate of drug-likeness (QED) is 0.873. The van der Waals surface area contributed by atoms with E-state index in [9.17, 15) is 21.6 Å². The minimum atomic E-state index is -4.82. The van der Waals surface area contributed by atoms with E-state index in [0.717, 1.165) is 12.1 Å². The van der Waals surface area contributed by atoms with Crippen LogP contribution in [0.5, 0.6) is 0 Å². The average Bonchev–Trinajstić information content (AvgIpc) is 2.26. The minimum absolute atomic E-state index is 0. The van der Waals surface area contributed by atoms with Crippen molar-refractivity contribution in [1.29, 1.82) is 0 Å². The topological polar surface area (TPSA) is 72.2 Å². The zero-order valence-electron chi connectivity index (χ0n) is 10.2. The molecule has 0 amide bonds. The van der Waals surface area contributed by atoms with E-state index in [1.807, 2.05) is 4.72 Å². The summed E-state index contributed by atoms with van der Waals surface area (Å²) in [7, 11) is -4.40. The van der Waals surface area contributed by atoms with Crippen molar-refractivity contribution in [3.63, 3.8) is 0 Å². The lowest BCUT2D eigenvalue weighted by Crippen LogP contribution is -2.38. The zero-order valence-corrected chi connectivity index (χ0v) is 12.6. The molecule has 0 aliphatic rings. The molecule has 10 heteroatoms. The second-order valence-corrected chi connectivity index (χ2v) is 5.93. The Kier molecular flexibility index (Phi) is 6.76. The highest BCUT2D eigenvalue weighted by molar-refractivity contribution is 7.89. The monoisotopic (exact) mass is 352 g/mol.